The summed E-state index contributed by atoms with van der Waals surface area (Å²) >= 11 is 8.10. The molecule has 0 aliphatic rings. The van der Waals surface area contributed by atoms with Crippen molar-refractivity contribution in [3.63, 3.8) is 0 Å². The quantitative estimate of drug-likeness (QED) is 0.607. The van der Waals surface area contributed by atoms with E-state index < -0.39 is 0 Å². The minimum absolute atomic E-state index is 0.0897. The lowest BCUT2D eigenvalue weighted by molar-refractivity contribution is 0.102. The molecule has 1 aromatic carbocycles. The van der Waals surface area contributed by atoms with E-state index >= 15 is 0 Å². The van der Waals surface area contributed by atoms with Gasteiger partial charge in [0.25, 0.3) is 0 Å². The van der Waals surface area contributed by atoms with Gasteiger partial charge < -0.3 is 0 Å². The fourth-order valence-corrected chi connectivity index (χ4v) is 2.80. The van der Waals surface area contributed by atoms with E-state index in [9.17, 15) is 4.79 Å². The first-order chi connectivity index (χ1) is 7.70. The number of hydrogen-bond acceptors (Lipinski definition) is 3. The molecular formula is C11H7Br2NOS. The van der Waals surface area contributed by atoms with Crippen molar-refractivity contribution < 1.29 is 4.79 Å². The monoisotopic (exact) mass is 359 g/mol. The second kappa shape index (κ2) is 5.21. The smallest absolute Gasteiger partial charge is 0.173 e. The number of halogens is 2. The van der Waals surface area contributed by atoms with Crippen LogP contribution in [0.5, 0.6) is 0 Å². The molecule has 0 unspecified atom stereocenters. The SMILES string of the molecule is O=C(CBr)c1ccc(-c2ncc(Br)s2)cc1. The Kier molecular flexibility index (Phi) is 3.89. The Labute approximate surface area is 114 Å². The topological polar surface area (TPSA) is 30.0 Å². The molecule has 0 saturated carbocycles. The van der Waals surface area contributed by atoms with Crippen LogP contribution in [0.1, 0.15) is 10.4 Å². The summed E-state index contributed by atoms with van der Waals surface area (Å²) in [4.78, 5) is 15.7. The molecule has 0 aliphatic carbocycles. The first-order valence-corrected chi connectivity index (χ1v) is 7.24. The van der Waals surface area contributed by atoms with Gasteiger partial charge in [-0.15, -0.1) is 11.3 Å². The largest absolute Gasteiger partial charge is 0.293 e. The van der Waals surface area contributed by atoms with Crippen LogP contribution in [0.25, 0.3) is 10.6 Å². The van der Waals surface area contributed by atoms with E-state index in [1.165, 1.54) is 0 Å². The molecule has 2 aromatic rings. The Bertz CT molecular complexity index is 507. The van der Waals surface area contributed by atoms with Crippen LogP contribution in [0, 0.1) is 0 Å². The van der Waals surface area contributed by atoms with Crippen LogP contribution >= 0.6 is 43.2 Å². The zero-order chi connectivity index (χ0) is 11.5. The predicted octanol–water partition coefficient (Wildman–Crippen LogP) is 4.15. The van der Waals surface area contributed by atoms with Crippen molar-refractivity contribution in [3.05, 3.63) is 39.8 Å². The van der Waals surface area contributed by atoms with E-state index in [-0.39, 0.29) is 5.78 Å². The average Bonchev–Trinajstić information content (AvgIpc) is 2.75. The number of aromatic nitrogens is 1. The molecule has 0 N–H and O–H groups in total. The van der Waals surface area contributed by atoms with E-state index in [4.69, 9.17) is 0 Å². The van der Waals surface area contributed by atoms with Gasteiger partial charge in [-0.25, -0.2) is 4.98 Å². The van der Waals surface area contributed by atoms with Crippen LogP contribution in [0.2, 0.25) is 0 Å². The molecule has 0 amide bonds. The fraction of sp³-hybridized carbons (Fsp3) is 0.0909. The third-order valence-electron chi connectivity index (χ3n) is 2.05. The Hall–Kier alpha value is -0.520. The van der Waals surface area contributed by atoms with Crippen LogP contribution in [0.3, 0.4) is 0 Å². The second-order valence-electron chi connectivity index (χ2n) is 3.10. The molecule has 1 aromatic heterocycles. The van der Waals surface area contributed by atoms with E-state index in [1.54, 1.807) is 17.5 Å². The van der Waals surface area contributed by atoms with E-state index in [0.29, 0.717) is 5.33 Å². The molecule has 0 spiro atoms. The lowest BCUT2D eigenvalue weighted by Crippen LogP contribution is -1.98. The van der Waals surface area contributed by atoms with Crippen LogP contribution < -0.4 is 0 Å². The normalized spacial score (nSPS) is 10.4. The van der Waals surface area contributed by atoms with Gasteiger partial charge >= 0.3 is 0 Å². The molecule has 16 heavy (non-hydrogen) atoms. The number of alkyl halides is 1. The van der Waals surface area contributed by atoms with Gasteiger partial charge in [0.05, 0.1) is 15.3 Å². The number of carbonyl (C=O) groups is 1. The number of rotatable bonds is 3. The van der Waals surface area contributed by atoms with Gasteiger partial charge in [0.15, 0.2) is 5.78 Å². The Morgan fingerprint density at radius 1 is 1.31 bits per heavy atom. The van der Waals surface area contributed by atoms with Crippen LogP contribution in [0.15, 0.2) is 34.2 Å². The van der Waals surface area contributed by atoms with Gasteiger partial charge in [0, 0.05) is 11.1 Å². The van der Waals surface area contributed by atoms with Crippen molar-refractivity contribution in [2.45, 2.75) is 0 Å². The van der Waals surface area contributed by atoms with Gasteiger partial charge in [-0.1, -0.05) is 40.2 Å². The molecule has 0 saturated heterocycles. The maximum atomic E-state index is 11.4. The number of benzene rings is 1. The lowest BCUT2D eigenvalue weighted by Gasteiger charge is -1.99. The molecule has 0 fully saturated rings. The molecule has 0 atom stereocenters. The fourth-order valence-electron chi connectivity index (χ4n) is 1.26. The van der Waals surface area contributed by atoms with Crippen molar-refractivity contribution in [2.24, 2.45) is 0 Å². The van der Waals surface area contributed by atoms with Crippen molar-refractivity contribution in [1.29, 1.82) is 0 Å². The summed E-state index contributed by atoms with van der Waals surface area (Å²) in [6.45, 7) is 0. The highest BCUT2D eigenvalue weighted by molar-refractivity contribution is 9.11. The highest BCUT2D eigenvalue weighted by Crippen LogP contribution is 2.28. The Morgan fingerprint density at radius 3 is 2.50 bits per heavy atom. The minimum atomic E-state index is 0.0897. The maximum Gasteiger partial charge on any atom is 0.173 e. The number of Topliss-reactive ketones (excluding diaryl/α,β-unsaturated/α-hetero) is 1. The third kappa shape index (κ3) is 2.59. The molecule has 2 rings (SSSR count). The first kappa shape index (κ1) is 12.0. The maximum absolute atomic E-state index is 11.4. The standard InChI is InChI=1S/C11H7Br2NOS/c12-5-9(15)7-1-3-8(4-2-7)11-14-6-10(13)16-11/h1-4,6H,5H2. The van der Waals surface area contributed by atoms with Crippen molar-refractivity contribution >= 4 is 49.0 Å². The summed E-state index contributed by atoms with van der Waals surface area (Å²) in [5, 5.41) is 1.31. The summed E-state index contributed by atoms with van der Waals surface area (Å²) in [6.07, 6.45) is 1.78. The molecule has 5 heteroatoms. The molecule has 82 valence electrons. The predicted molar refractivity (Wildman–Crippen MR) is 73.4 cm³/mol. The second-order valence-corrected chi connectivity index (χ2v) is 6.07. The van der Waals surface area contributed by atoms with Gasteiger partial charge in [-0.05, 0) is 15.9 Å². The third-order valence-corrected chi connectivity index (χ3v) is 4.09. The Balaban J connectivity index is 2.29. The molecule has 0 radical (unpaired) electrons. The van der Waals surface area contributed by atoms with Crippen LogP contribution in [-0.4, -0.2) is 16.1 Å². The first-order valence-electron chi connectivity index (χ1n) is 4.51. The van der Waals surface area contributed by atoms with Gasteiger partial charge in [-0.3, -0.25) is 4.79 Å². The van der Waals surface area contributed by atoms with Gasteiger partial charge in [0.1, 0.15) is 5.01 Å². The van der Waals surface area contributed by atoms with Gasteiger partial charge in [0.2, 0.25) is 0 Å². The molecule has 0 bridgehead atoms. The average molecular weight is 361 g/mol. The van der Waals surface area contributed by atoms with E-state index in [1.807, 2.05) is 24.3 Å². The zero-order valence-corrected chi connectivity index (χ0v) is 12.1. The number of nitrogens with zero attached hydrogens (tertiary/aromatic N) is 1. The minimum Gasteiger partial charge on any atom is -0.293 e. The van der Waals surface area contributed by atoms with Gasteiger partial charge in [-0.2, -0.15) is 0 Å². The number of ketones is 1. The van der Waals surface area contributed by atoms with Crippen molar-refractivity contribution in [1.82, 2.24) is 4.98 Å². The number of thiazole rings is 1. The summed E-state index contributed by atoms with van der Waals surface area (Å²) in [6, 6.07) is 7.49. The Morgan fingerprint density at radius 2 is 2.00 bits per heavy atom. The number of hydrogen-bond donors (Lipinski definition) is 0. The lowest BCUT2D eigenvalue weighted by atomic mass is 10.1. The summed E-state index contributed by atoms with van der Waals surface area (Å²) in [5.74, 6) is 0.0897. The van der Waals surface area contributed by atoms with E-state index in [2.05, 4.69) is 36.8 Å². The van der Waals surface area contributed by atoms with Crippen LogP contribution in [0.4, 0.5) is 0 Å². The highest BCUT2D eigenvalue weighted by Gasteiger charge is 2.06. The molecular weight excluding hydrogens is 354 g/mol. The van der Waals surface area contributed by atoms with Crippen molar-refractivity contribution in [3.8, 4) is 10.6 Å². The van der Waals surface area contributed by atoms with Crippen LogP contribution in [-0.2, 0) is 0 Å². The zero-order valence-electron chi connectivity index (χ0n) is 8.11. The summed E-state index contributed by atoms with van der Waals surface area (Å²) < 4.78 is 1.00. The number of carbonyl (C=O) groups excluding carboxylic acids is 1. The van der Waals surface area contributed by atoms with E-state index in [0.717, 1.165) is 19.9 Å². The molecule has 0 aliphatic heterocycles. The molecule has 1 heterocycles. The highest BCUT2D eigenvalue weighted by atomic mass is 79.9. The summed E-state index contributed by atoms with van der Waals surface area (Å²) in [7, 11) is 0. The summed E-state index contributed by atoms with van der Waals surface area (Å²) in [5.41, 5.74) is 1.75. The molecule has 2 nitrogen and oxygen atoms in total. The van der Waals surface area contributed by atoms with Crippen molar-refractivity contribution in [2.75, 3.05) is 5.33 Å².